The molecule has 0 atom stereocenters. The van der Waals surface area contributed by atoms with Crippen molar-refractivity contribution in [3.63, 3.8) is 0 Å². The number of fused-ring (bicyclic) bond motifs is 1. The summed E-state index contributed by atoms with van der Waals surface area (Å²) in [6.07, 6.45) is 2.02. The van der Waals surface area contributed by atoms with Crippen LogP contribution >= 0.6 is 0 Å². The van der Waals surface area contributed by atoms with Gasteiger partial charge >= 0.3 is 0 Å². The molecule has 0 radical (unpaired) electrons. The van der Waals surface area contributed by atoms with Crippen LogP contribution in [0.2, 0.25) is 0 Å². The van der Waals surface area contributed by atoms with Gasteiger partial charge in [-0.3, -0.25) is 0 Å². The Morgan fingerprint density at radius 3 is 3.00 bits per heavy atom. The van der Waals surface area contributed by atoms with Crippen molar-refractivity contribution in [3.05, 3.63) is 47.7 Å². The number of rotatable bonds is 4. The van der Waals surface area contributed by atoms with Gasteiger partial charge in [0.15, 0.2) is 5.82 Å². The monoisotopic (exact) mass is 242 g/mol. The van der Waals surface area contributed by atoms with Crippen molar-refractivity contribution in [3.8, 4) is 0 Å². The molecule has 0 aliphatic rings. The van der Waals surface area contributed by atoms with Gasteiger partial charge in [0.05, 0.1) is 6.54 Å². The molecule has 18 heavy (non-hydrogen) atoms. The summed E-state index contributed by atoms with van der Waals surface area (Å²) in [6.45, 7) is 3.17. The van der Waals surface area contributed by atoms with E-state index in [9.17, 15) is 0 Å². The molecule has 0 spiro atoms. The minimum Gasteiger partial charge on any atom is -0.361 e. The van der Waals surface area contributed by atoms with E-state index in [0.717, 1.165) is 12.1 Å². The van der Waals surface area contributed by atoms with E-state index < -0.39 is 0 Å². The molecule has 3 rings (SSSR count). The van der Waals surface area contributed by atoms with Crippen LogP contribution in [0.4, 0.5) is 0 Å². The molecule has 5 heteroatoms. The zero-order chi connectivity index (χ0) is 12.4. The average molecular weight is 242 g/mol. The Bertz CT molecular complexity index is 656. The van der Waals surface area contributed by atoms with Gasteiger partial charge in [-0.15, -0.1) is 0 Å². The number of aromatic amines is 1. The van der Waals surface area contributed by atoms with Crippen LogP contribution in [0.3, 0.4) is 0 Å². The van der Waals surface area contributed by atoms with Gasteiger partial charge in [-0.1, -0.05) is 23.4 Å². The van der Waals surface area contributed by atoms with Gasteiger partial charge in [0, 0.05) is 23.6 Å². The summed E-state index contributed by atoms with van der Waals surface area (Å²) in [7, 11) is 0. The van der Waals surface area contributed by atoms with Gasteiger partial charge in [0.2, 0.25) is 5.89 Å². The van der Waals surface area contributed by atoms with Gasteiger partial charge in [-0.2, -0.15) is 4.98 Å². The molecular weight excluding hydrogens is 228 g/mol. The van der Waals surface area contributed by atoms with E-state index in [1.165, 1.54) is 10.9 Å². The normalized spacial score (nSPS) is 11.2. The van der Waals surface area contributed by atoms with E-state index >= 15 is 0 Å². The first-order chi connectivity index (χ1) is 8.83. The molecule has 0 bridgehead atoms. The van der Waals surface area contributed by atoms with Crippen LogP contribution in [0.1, 0.15) is 17.3 Å². The number of hydrogen-bond donors (Lipinski definition) is 2. The zero-order valence-electron chi connectivity index (χ0n) is 10.1. The van der Waals surface area contributed by atoms with Crippen molar-refractivity contribution in [1.82, 2.24) is 20.4 Å². The first kappa shape index (κ1) is 11.0. The van der Waals surface area contributed by atoms with Crippen molar-refractivity contribution >= 4 is 10.9 Å². The SMILES string of the molecule is Cc1noc(CNCc2c[nH]c3ccccc23)n1. The Morgan fingerprint density at radius 2 is 2.17 bits per heavy atom. The zero-order valence-corrected chi connectivity index (χ0v) is 10.1. The molecule has 0 aliphatic carbocycles. The number of hydrogen-bond acceptors (Lipinski definition) is 4. The number of benzene rings is 1. The highest BCUT2D eigenvalue weighted by molar-refractivity contribution is 5.82. The molecule has 3 aromatic rings. The maximum atomic E-state index is 5.04. The standard InChI is InChI=1S/C13H14N4O/c1-9-16-13(18-17-9)8-14-6-10-7-15-12-5-3-2-4-11(10)12/h2-5,7,14-15H,6,8H2,1H3. The molecule has 0 unspecified atom stereocenters. The van der Waals surface area contributed by atoms with E-state index in [0.29, 0.717) is 18.3 Å². The van der Waals surface area contributed by atoms with Crippen molar-refractivity contribution < 1.29 is 4.52 Å². The summed E-state index contributed by atoms with van der Waals surface area (Å²) in [5, 5.41) is 8.29. The number of aryl methyl sites for hydroxylation is 1. The highest BCUT2D eigenvalue weighted by Crippen LogP contribution is 2.17. The maximum absolute atomic E-state index is 5.04. The topological polar surface area (TPSA) is 66.7 Å². The number of nitrogens with zero attached hydrogens (tertiary/aromatic N) is 2. The molecule has 2 aromatic heterocycles. The van der Waals surface area contributed by atoms with Gasteiger partial charge in [0.1, 0.15) is 0 Å². The van der Waals surface area contributed by atoms with E-state index in [-0.39, 0.29) is 0 Å². The molecule has 0 saturated carbocycles. The van der Waals surface area contributed by atoms with Crippen LogP contribution in [0.15, 0.2) is 35.0 Å². The Labute approximate surface area is 104 Å². The van der Waals surface area contributed by atoms with Crippen LogP contribution in [-0.2, 0) is 13.1 Å². The number of nitrogens with one attached hydrogen (secondary N) is 2. The van der Waals surface area contributed by atoms with E-state index in [4.69, 9.17) is 4.52 Å². The Balaban J connectivity index is 1.66. The molecule has 0 amide bonds. The summed E-state index contributed by atoms with van der Waals surface area (Å²) in [4.78, 5) is 7.39. The lowest BCUT2D eigenvalue weighted by Gasteiger charge is -2.00. The fourth-order valence-electron chi connectivity index (χ4n) is 1.99. The maximum Gasteiger partial charge on any atom is 0.240 e. The summed E-state index contributed by atoms with van der Waals surface area (Å²) in [6, 6.07) is 8.25. The predicted octanol–water partition coefficient (Wildman–Crippen LogP) is 2.15. The minimum atomic E-state index is 0.584. The third kappa shape index (κ3) is 2.12. The van der Waals surface area contributed by atoms with Crippen LogP contribution in [-0.4, -0.2) is 15.1 Å². The quantitative estimate of drug-likeness (QED) is 0.735. The van der Waals surface area contributed by atoms with Crippen molar-refractivity contribution in [2.24, 2.45) is 0 Å². The second kappa shape index (κ2) is 4.62. The summed E-state index contributed by atoms with van der Waals surface area (Å²) < 4.78 is 5.04. The van der Waals surface area contributed by atoms with Crippen molar-refractivity contribution in [1.29, 1.82) is 0 Å². The lowest BCUT2D eigenvalue weighted by Crippen LogP contribution is -2.12. The first-order valence-corrected chi connectivity index (χ1v) is 5.88. The molecular formula is C13H14N4O. The highest BCUT2D eigenvalue weighted by atomic mass is 16.5. The van der Waals surface area contributed by atoms with Gasteiger partial charge in [-0.05, 0) is 18.6 Å². The predicted molar refractivity (Wildman–Crippen MR) is 67.9 cm³/mol. The number of H-pyrrole nitrogens is 1. The van der Waals surface area contributed by atoms with E-state index in [1.807, 2.05) is 25.3 Å². The second-order valence-corrected chi connectivity index (χ2v) is 4.20. The molecule has 2 heterocycles. The third-order valence-electron chi connectivity index (χ3n) is 2.84. The van der Waals surface area contributed by atoms with Gasteiger partial charge < -0.3 is 14.8 Å². The van der Waals surface area contributed by atoms with Crippen molar-refractivity contribution in [2.45, 2.75) is 20.0 Å². The number of aromatic nitrogens is 3. The largest absolute Gasteiger partial charge is 0.361 e. The average Bonchev–Trinajstić information content (AvgIpc) is 2.97. The van der Waals surface area contributed by atoms with E-state index in [1.54, 1.807) is 0 Å². The van der Waals surface area contributed by atoms with Gasteiger partial charge in [0.25, 0.3) is 0 Å². The summed E-state index contributed by atoms with van der Waals surface area (Å²) in [5.74, 6) is 1.28. The minimum absolute atomic E-state index is 0.584. The lowest BCUT2D eigenvalue weighted by atomic mass is 10.2. The Morgan fingerprint density at radius 1 is 1.28 bits per heavy atom. The summed E-state index contributed by atoms with van der Waals surface area (Å²) >= 11 is 0. The Hall–Kier alpha value is -2.14. The van der Waals surface area contributed by atoms with Crippen LogP contribution in [0, 0.1) is 6.92 Å². The fraction of sp³-hybridized carbons (Fsp3) is 0.231. The molecule has 1 aromatic carbocycles. The summed E-state index contributed by atoms with van der Waals surface area (Å²) in [5.41, 5.74) is 2.39. The van der Waals surface area contributed by atoms with Crippen molar-refractivity contribution in [2.75, 3.05) is 0 Å². The molecule has 0 aliphatic heterocycles. The van der Waals surface area contributed by atoms with Crippen LogP contribution in [0.25, 0.3) is 10.9 Å². The first-order valence-electron chi connectivity index (χ1n) is 5.88. The molecule has 0 fully saturated rings. The third-order valence-corrected chi connectivity index (χ3v) is 2.84. The smallest absolute Gasteiger partial charge is 0.240 e. The molecule has 5 nitrogen and oxygen atoms in total. The van der Waals surface area contributed by atoms with Gasteiger partial charge in [-0.25, -0.2) is 0 Å². The fourth-order valence-corrected chi connectivity index (χ4v) is 1.99. The number of para-hydroxylation sites is 1. The van der Waals surface area contributed by atoms with Crippen LogP contribution in [0.5, 0.6) is 0 Å². The van der Waals surface area contributed by atoms with Crippen LogP contribution < -0.4 is 5.32 Å². The van der Waals surface area contributed by atoms with E-state index in [2.05, 4.69) is 32.6 Å². The second-order valence-electron chi connectivity index (χ2n) is 4.20. The molecule has 92 valence electrons. The Kier molecular flexibility index (Phi) is 2.82. The lowest BCUT2D eigenvalue weighted by molar-refractivity contribution is 0.364. The highest BCUT2D eigenvalue weighted by Gasteiger charge is 2.04. The molecule has 0 saturated heterocycles. The molecule has 2 N–H and O–H groups in total.